The lowest BCUT2D eigenvalue weighted by atomic mass is 10.3. The van der Waals surface area contributed by atoms with Gasteiger partial charge in [0.25, 0.3) is 10.0 Å². The quantitative estimate of drug-likeness (QED) is 0.690. The van der Waals surface area contributed by atoms with Gasteiger partial charge in [0.05, 0.1) is 11.5 Å². The molecule has 0 aliphatic heterocycles. The molecule has 1 heterocycles. The number of aromatic nitrogens is 2. The van der Waals surface area contributed by atoms with Gasteiger partial charge in [-0.1, -0.05) is 24.7 Å². The minimum Gasteiger partial charge on any atom is -0.494 e. The van der Waals surface area contributed by atoms with E-state index in [1.807, 2.05) is 0 Å². The van der Waals surface area contributed by atoms with E-state index in [9.17, 15) is 8.42 Å². The Morgan fingerprint density at radius 2 is 1.95 bits per heavy atom. The van der Waals surface area contributed by atoms with Crippen molar-refractivity contribution in [3.8, 4) is 5.75 Å². The summed E-state index contributed by atoms with van der Waals surface area (Å²) in [6.07, 6.45) is 2.03. The van der Waals surface area contributed by atoms with Crippen molar-refractivity contribution in [2.75, 3.05) is 17.5 Å². The summed E-state index contributed by atoms with van der Waals surface area (Å²) >= 11 is 1.19. The van der Waals surface area contributed by atoms with Crippen molar-refractivity contribution in [3.05, 3.63) is 29.8 Å². The van der Waals surface area contributed by atoms with Gasteiger partial charge in [-0.05, 0) is 37.6 Å². The van der Waals surface area contributed by atoms with Crippen molar-refractivity contribution < 1.29 is 13.2 Å². The first kappa shape index (κ1) is 16.7. The molecule has 2 aromatic rings. The topological polar surface area (TPSA) is 72.4 Å². The monoisotopic (exact) mass is 341 g/mol. The summed E-state index contributed by atoms with van der Waals surface area (Å²) < 4.78 is 32.1. The van der Waals surface area contributed by atoms with Gasteiger partial charge in [-0.15, -0.1) is 10.2 Å². The van der Waals surface area contributed by atoms with Gasteiger partial charge < -0.3 is 4.74 Å². The molecule has 120 valence electrons. The predicted molar refractivity (Wildman–Crippen MR) is 87.0 cm³/mol. The number of hydrogen-bond acceptors (Lipinski definition) is 6. The maximum Gasteiger partial charge on any atom is 0.266 e. The smallest absolute Gasteiger partial charge is 0.266 e. The molecule has 6 nitrogen and oxygen atoms in total. The van der Waals surface area contributed by atoms with Crippen LogP contribution in [0.25, 0.3) is 0 Å². The third-order valence-corrected chi connectivity index (χ3v) is 5.73. The van der Waals surface area contributed by atoms with Crippen LogP contribution in [-0.2, 0) is 10.0 Å². The van der Waals surface area contributed by atoms with Gasteiger partial charge in [-0.25, -0.2) is 12.7 Å². The maximum atomic E-state index is 12.7. The van der Waals surface area contributed by atoms with E-state index in [0.29, 0.717) is 24.0 Å². The van der Waals surface area contributed by atoms with Crippen LogP contribution in [0, 0.1) is 0 Å². The fourth-order valence-electron chi connectivity index (χ4n) is 1.85. The molecule has 1 aromatic carbocycles. The highest BCUT2D eigenvalue weighted by Gasteiger charge is 2.25. The Labute approximate surface area is 134 Å². The highest BCUT2D eigenvalue weighted by atomic mass is 32.2. The number of benzene rings is 1. The van der Waals surface area contributed by atoms with Gasteiger partial charge in [0.1, 0.15) is 11.3 Å². The number of anilines is 1. The van der Waals surface area contributed by atoms with Crippen LogP contribution in [0.3, 0.4) is 0 Å². The fraction of sp³-hybridized carbons (Fsp3) is 0.429. The number of ether oxygens (including phenoxy) is 1. The van der Waals surface area contributed by atoms with Crippen molar-refractivity contribution in [2.24, 2.45) is 0 Å². The molecule has 0 saturated carbocycles. The first-order chi connectivity index (χ1) is 10.6. The predicted octanol–water partition coefficient (Wildman–Crippen LogP) is 2.93. The van der Waals surface area contributed by atoms with Gasteiger partial charge in [0.2, 0.25) is 5.13 Å². The lowest BCUT2D eigenvalue weighted by Crippen LogP contribution is -2.30. The minimum atomic E-state index is -3.63. The average molecular weight is 341 g/mol. The summed E-state index contributed by atoms with van der Waals surface area (Å²) in [5.41, 5.74) is 1.51. The number of nitrogens with zero attached hydrogens (tertiary/aromatic N) is 3. The molecule has 0 saturated heterocycles. The molecular weight excluding hydrogens is 322 g/mol. The van der Waals surface area contributed by atoms with Crippen molar-refractivity contribution in [2.45, 2.75) is 31.6 Å². The fourth-order valence-corrected chi connectivity index (χ4v) is 4.12. The van der Waals surface area contributed by atoms with Crippen LogP contribution in [0.5, 0.6) is 5.75 Å². The molecule has 0 bridgehead atoms. The molecule has 0 unspecified atom stereocenters. The Bertz CT molecular complexity index is 670. The SMILES string of the molecule is CCCCOc1ccc(S(=O)(=O)N(CC)c2nncs2)cc1. The second-order valence-electron chi connectivity index (χ2n) is 4.56. The Morgan fingerprint density at radius 3 is 2.50 bits per heavy atom. The van der Waals surface area contributed by atoms with Crippen molar-refractivity contribution >= 4 is 26.5 Å². The van der Waals surface area contributed by atoms with E-state index in [1.165, 1.54) is 21.2 Å². The normalized spacial score (nSPS) is 11.4. The minimum absolute atomic E-state index is 0.215. The standard InChI is InChI=1S/C14H19N3O3S2/c1-3-5-10-20-12-6-8-13(9-7-12)22(18,19)17(4-2)14-16-15-11-21-14/h6-9,11H,3-5,10H2,1-2H3. The van der Waals surface area contributed by atoms with Crippen LogP contribution >= 0.6 is 11.3 Å². The third kappa shape index (κ3) is 3.75. The highest BCUT2D eigenvalue weighted by Crippen LogP contribution is 2.25. The zero-order valence-electron chi connectivity index (χ0n) is 12.6. The number of hydrogen-bond donors (Lipinski definition) is 0. The highest BCUT2D eigenvalue weighted by molar-refractivity contribution is 7.93. The summed E-state index contributed by atoms with van der Waals surface area (Å²) in [5, 5.41) is 7.90. The number of sulfonamides is 1. The molecule has 0 spiro atoms. The summed E-state index contributed by atoms with van der Waals surface area (Å²) in [4.78, 5) is 0.215. The van der Waals surface area contributed by atoms with Gasteiger partial charge in [0, 0.05) is 6.54 Å². The number of unbranched alkanes of at least 4 members (excludes halogenated alkanes) is 1. The van der Waals surface area contributed by atoms with E-state index in [-0.39, 0.29) is 4.90 Å². The molecule has 0 aliphatic carbocycles. The Hall–Kier alpha value is -1.67. The Balaban J connectivity index is 2.18. The summed E-state index contributed by atoms with van der Waals surface area (Å²) in [6, 6.07) is 6.47. The summed E-state index contributed by atoms with van der Waals surface area (Å²) in [7, 11) is -3.63. The van der Waals surface area contributed by atoms with Crippen LogP contribution in [0.15, 0.2) is 34.7 Å². The van der Waals surface area contributed by atoms with E-state index in [2.05, 4.69) is 17.1 Å². The lowest BCUT2D eigenvalue weighted by Gasteiger charge is -2.19. The van der Waals surface area contributed by atoms with E-state index in [4.69, 9.17) is 4.74 Å². The van der Waals surface area contributed by atoms with E-state index in [1.54, 1.807) is 31.2 Å². The van der Waals surface area contributed by atoms with Crippen molar-refractivity contribution in [1.29, 1.82) is 0 Å². The molecule has 0 atom stereocenters. The molecule has 2 rings (SSSR count). The zero-order chi connectivity index (χ0) is 16.0. The summed E-state index contributed by atoms with van der Waals surface area (Å²) in [5.74, 6) is 0.673. The lowest BCUT2D eigenvalue weighted by molar-refractivity contribution is 0.309. The Morgan fingerprint density at radius 1 is 1.23 bits per heavy atom. The number of rotatable bonds is 8. The third-order valence-electron chi connectivity index (χ3n) is 3.03. The van der Waals surface area contributed by atoms with E-state index < -0.39 is 10.0 Å². The molecule has 22 heavy (non-hydrogen) atoms. The molecular formula is C14H19N3O3S2. The van der Waals surface area contributed by atoms with Crippen LogP contribution in [-0.4, -0.2) is 31.8 Å². The van der Waals surface area contributed by atoms with Crippen LogP contribution in [0.1, 0.15) is 26.7 Å². The van der Waals surface area contributed by atoms with Gasteiger partial charge in [-0.3, -0.25) is 0 Å². The van der Waals surface area contributed by atoms with E-state index in [0.717, 1.165) is 12.8 Å². The van der Waals surface area contributed by atoms with Gasteiger partial charge in [0.15, 0.2) is 0 Å². The molecule has 0 fully saturated rings. The first-order valence-electron chi connectivity index (χ1n) is 7.11. The van der Waals surface area contributed by atoms with Crippen LogP contribution in [0.2, 0.25) is 0 Å². The molecule has 0 N–H and O–H groups in total. The van der Waals surface area contributed by atoms with E-state index >= 15 is 0 Å². The second kappa shape index (κ2) is 7.55. The van der Waals surface area contributed by atoms with Crippen molar-refractivity contribution in [1.82, 2.24) is 10.2 Å². The second-order valence-corrected chi connectivity index (χ2v) is 7.24. The average Bonchev–Trinajstić information content (AvgIpc) is 3.02. The molecule has 8 heteroatoms. The maximum absolute atomic E-state index is 12.7. The van der Waals surface area contributed by atoms with Gasteiger partial charge in [-0.2, -0.15) is 0 Å². The van der Waals surface area contributed by atoms with Crippen LogP contribution < -0.4 is 9.04 Å². The molecule has 0 amide bonds. The van der Waals surface area contributed by atoms with Crippen LogP contribution in [0.4, 0.5) is 5.13 Å². The molecule has 0 aliphatic rings. The first-order valence-corrected chi connectivity index (χ1v) is 9.43. The Kier molecular flexibility index (Phi) is 5.73. The summed E-state index contributed by atoms with van der Waals surface area (Å²) in [6.45, 7) is 4.79. The van der Waals surface area contributed by atoms with Crippen molar-refractivity contribution in [3.63, 3.8) is 0 Å². The molecule has 0 radical (unpaired) electrons. The van der Waals surface area contributed by atoms with Gasteiger partial charge >= 0.3 is 0 Å². The zero-order valence-corrected chi connectivity index (χ0v) is 14.2. The largest absolute Gasteiger partial charge is 0.494 e. The molecule has 1 aromatic heterocycles.